The van der Waals surface area contributed by atoms with Gasteiger partial charge in [0.25, 0.3) is 5.91 Å². The van der Waals surface area contributed by atoms with Crippen LogP contribution < -0.4 is 10.2 Å². The van der Waals surface area contributed by atoms with Crippen molar-refractivity contribution in [3.05, 3.63) is 65.4 Å². The van der Waals surface area contributed by atoms with Gasteiger partial charge in [0.1, 0.15) is 11.5 Å². The molecule has 1 aliphatic heterocycles. The number of rotatable bonds is 5. The van der Waals surface area contributed by atoms with E-state index in [2.05, 4.69) is 15.2 Å². The fourth-order valence-electron chi connectivity index (χ4n) is 3.32. The van der Waals surface area contributed by atoms with Gasteiger partial charge in [0.2, 0.25) is 0 Å². The lowest BCUT2D eigenvalue weighted by molar-refractivity contribution is 0.0742. The summed E-state index contributed by atoms with van der Waals surface area (Å²) in [5.41, 5.74) is 2.00. The molecule has 4 rings (SSSR count). The Morgan fingerprint density at radius 3 is 2.29 bits per heavy atom. The van der Waals surface area contributed by atoms with Gasteiger partial charge in [0.15, 0.2) is 15.0 Å². The minimum absolute atomic E-state index is 0.129. The maximum absolute atomic E-state index is 13.1. The quantitative estimate of drug-likeness (QED) is 0.629. The van der Waals surface area contributed by atoms with Gasteiger partial charge in [-0.25, -0.2) is 17.8 Å². The van der Waals surface area contributed by atoms with Gasteiger partial charge < -0.3 is 15.1 Å². The second kappa shape index (κ2) is 8.64. The van der Waals surface area contributed by atoms with Crippen molar-refractivity contribution >= 4 is 43.6 Å². The number of carbonyl (C=O) groups is 1. The van der Waals surface area contributed by atoms with E-state index in [1.165, 1.54) is 35.6 Å². The van der Waals surface area contributed by atoms with Crippen LogP contribution in [-0.2, 0) is 9.84 Å². The van der Waals surface area contributed by atoms with Crippen LogP contribution in [0.15, 0.2) is 58.8 Å². The zero-order chi connectivity index (χ0) is 22.0. The molecule has 1 saturated heterocycles. The highest BCUT2D eigenvalue weighted by Gasteiger charge is 2.24. The molecule has 3 aromatic rings. The summed E-state index contributed by atoms with van der Waals surface area (Å²) in [6.07, 6.45) is 1.16. The van der Waals surface area contributed by atoms with Crippen molar-refractivity contribution in [2.75, 3.05) is 42.7 Å². The highest BCUT2D eigenvalue weighted by atomic mass is 32.2. The predicted octanol–water partition coefficient (Wildman–Crippen LogP) is 3.39. The number of halogens is 1. The van der Waals surface area contributed by atoms with E-state index >= 15 is 0 Å². The van der Waals surface area contributed by atoms with E-state index in [0.717, 1.165) is 11.9 Å². The Hall–Kier alpha value is -2.98. The first-order chi connectivity index (χ1) is 14.8. The first kappa shape index (κ1) is 21.3. The maximum Gasteiger partial charge on any atom is 0.273 e. The third-order valence-corrected chi connectivity index (χ3v) is 6.90. The van der Waals surface area contributed by atoms with Crippen LogP contribution in [0, 0.1) is 5.82 Å². The molecule has 0 bridgehead atoms. The van der Waals surface area contributed by atoms with Gasteiger partial charge >= 0.3 is 0 Å². The van der Waals surface area contributed by atoms with Gasteiger partial charge in [-0.15, -0.1) is 11.3 Å². The van der Waals surface area contributed by atoms with Crippen molar-refractivity contribution in [3.63, 3.8) is 0 Å². The van der Waals surface area contributed by atoms with Gasteiger partial charge in [-0.05, 0) is 48.5 Å². The predicted molar refractivity (Wildman–Crippen MR) is 119 cm³/mol. The zero-order valence-corrected chi connectivity index (χ0v) is 18.4. The van der Waals surface area contributed by atoms with Crippen molar-refractivity contribution in [1.82, 2.24) is 9.88 Å². The Balaban J connectivity index is 1.36. The molecule has 2 aromatic carbocycles. The topological polar surface area (TPSA) is 82.6 Å². The smallest absolute Gasteiger partial charge is 0.273 e. The molecule has 2 heterocycles. The fraction of sp³-hybridized carbons (Fsp3) is 0.238. The molecule has 1 fully saturated rings. The zero-order valence-electron chi connectivity index (χ0n) is 16.8. The van der Waals surface area contributed by atoms with Crippen LogP contribution in [0.25, 0.3) is 0 Å². The minimum atomic E-state index is -3.25. The van der Waals surface area contributed by atoms with E-state index in [-0.39, 0.29) is 16.6 Å². The monoisotopic (exact) mass is 460 g/mol. The van der Waals surface area contributed by atoms with Gasteiger partial charge in [0, 0.05) is 49.2 Å². The Kier molecular flexibility index (Phi) is 5.92. The molecule has 10 heteroatoms. The Morgan fingerprint density at radius 2 is 1.68 bits per heavy atom. The number of benzene rings is 2. The number of nitrogens with zero attached hydrogens (tertiary/aromatic N) is 3. The summed E-state index contributed by atoms with van der Waals surface area (Å²) in [5.74, 6) is -0.396. The molecule has 0 atom stereocenters. The second-order valence-corrected chi connectivity index (χ2v) is 10.1. The number of sulfone groups is 1. The average Bonchev–Trinajstić information content (AvgIpc) is 3.22. The molecular weight excluding hydrogens is 439 g/mol. The molecule has 31 heavy (non-hydrogen) atoms. The molecule has 1 aliphatic rings. The van der Waals surface area contributed by atoms with Crippen LogP contribution >= 0.6 is 11.3 Å². The van der Waals surface area contributed by atoms with Crippen molar-refractivity contribution in [3.8, 4) is 0 Å². The van der Waals surface area contributed by atoms with Crippen LogP contribution in [0.2, 0.25) is 0 Å². The molecule has 1 aromatic heterocycles. The molecule has 1 amide bonds. The van der Waals surface area contributed by atoms with E-state index in [9.17, 15) is 17.6 Å². The molecule has 0 aliphatic carbocycles. The van der Waals surface area contributed by atoms with Crippen LogP contribution in [0.5, 0.6) is 0 Å². The van der Waals surface area contributed by atoms with Crippen LogP contribution in [0.1, 0.15) is 10.5 Å². The molecule has 0 unspecified atom stereocenters. The molecule has 0 radical (unpaired) electrons. The normalized spacial score (nSPS) is 14.5. The molecule has 0 spiro atoms. The molecule has 0 saturated carbocycles. The summed E-state index contributed by atoms with van der Waals surface area (Å²) in [5, 5.41) is 5.36. The number of hydrogen-bond donors (Lipinski definition) is 1. The lowest BCUT2D eigenvalue weighted by Gasteiger charge is -2.35. The van der Waals surface area contributed by atoms with E-state index < -0.39 is 9.84 Å². The SMILES string of the molecule is CS(=O)(=O)c1ccc(Nc2nc(C(=O)N3CCN(c4ccc(F)cc4)CC3)cs2)cc1. The summed E-state index contributed by atoms with van der Waals surface area (Å²) in [6.45, 7) is 2.45. The highest BCUT2D eigenvalue weighted by Crippen LogP contribution is 2.24. The number of piperazine rings is 1. The number of anilines is 3. The Bertz CT molecular complexity index is 1170. The van der Waals surface area contributed by atoms with Crippen LogP contribution in [0.3, 0.4) is 0 Å². The third kappa shape index (κ3) is 5.02. The second-order valence-electron chi connectivity index (χ2n) is 7.22. The van der Waals surface area contributed by atoms with Crippen LogP contribution in [0.4, 0.5) is 20.9 Å². The van der Waals surface area contributed by atoms with Crippen molar-refractivity contribution in [2.24, 2.45) is 0 Å². The third-order valence-electron chi connectivity index (χ3n) is 5.02. The van der Waals surface area contributed by atoms with Gasteiger partial charge in [-0.3, -0.25) is 4.79 Å². The Labute approximate surface area is 184 Å². The number of carbonyl (C=O) groups excluding carboxylic acids is 1. The van der Waals surface area contributed by atoms with Gasteiger partial charge in [-0.2, -0.15) is 0 Å². The van der Waals surface area contributed by atoms with E-state index in [1.807, 2.05) is 0 Å². The number of amides is 1. The molecule has 1 N–H and O–H groups in total. The fourth-order valence-corrected chi connectivity index (χ4v) is 4.66. The Morgan fingerprint density at radius 1 is 1.03 bits per heavy atom. The standard InChI is InChI=1S/C21H21FN4O3S2/c1-31(28,29)18-8-4-16(5-9-18)23-21-24-19(14-30-21)20(27)26-12-10-25(11-13-26)17-6-2-15(22)3-7-17/h2-9,14H,10-13H2,1H3,(H,23,24). The summed E-state index contributed by atoms with van der Waals surface area (Å²) in [4.78, 5) is 21.3. The van der Waals surface area contributed by atoms with E-state index in [4.69, 9.17) is 0 Å². The lowest BCUT2D eigenvalue weighted by Crippen LogP contribution is -2.48. The summed E-state index contributed by atoms with van der Waals surface area (Å²) < 4.78 is 36.2. The summed E-state index contributed by atoms with van der Waals surface area (Å²) in [6, 6.07) is 12.7. The highest BCUT2D eigenvalue weighted by molar-refractivity contribution is 7.90. The first-order valence-corrected chi connectivity index (χ1v) is 12.4. The van der Waals surface area contributed by atoms with Gasteiger partial charge in [0.05, 0.1) is 4.90 Å². The minimum Gasteiger partial charge on any atom is -0.368 e. The molecule has 162 valence electrons. The molecule has 7 nitrogen and oxygen atoms in total. The van der Waals surface area contributed by atoms with Gasteiger partial charge in [-0.1, -0.05) is 0 Å². The summed E-state index contributed by atoms with van der Waals surface area (Å²) >= 11 is 1.31. The maximum atomic E-state index is 13.1. The van der Waals surface area contributed by atoms with Crippen LogP contribution in [-0.4, -0.2) is 56.6 Å². The van der Waals surface area contributed by atoms with E-state index in [1.54, 1.807) is 34.5 Å². The number of nitrogens with one attached hydrogen (secondary N) is 1. The summed E-state index contributed by atoms with van der Waals surface area (Å²) in [7, 11) is -3.25. The van der Waals surface area contributed by atoms with Crippen molar-refractivity contribution in [1.29, 1.82) is 0 Å². The lowest BCUT2D eigenvalue weighted by atomic mass is 10.2. The first-order valence-electron chi connectivity index (χ1n) is 9.62. The number of thiazole rings is 1. The van der Waals surface area contributed by atoms with Crippen molar-refractivity contribution < 1.29 is 17.6 Å². The average molecular weight is 461 g/mol. The number of hydrogen-bond acceptors (Lipinski definition) is 7. The largest absolute Gasteiger partial charge is 0.368 e. The number of aromatic nitrogens is 1. The van der Waals surface area contributed by atoms with Crippen molar-refractivity contribution in [2.45, 2.75) is 4.90 Å². The van der Waals surface area contributed by atoms with E-state index in [0.29, 0.717) is 42.7 Å². The molecular formula is C21H21FN4O3S2.